The van der Waals surface area contributed by atoms with Crippen LogP contribution < -0.4 is 5.32 Å². The van der Waals surface area contributed by atoms with Gasteiger partial charge in [-0.1, -0.05) is 17.7 Å². The predicted octanol–water partition coefficient (Wildman–Crippen LogP) is 7.52. The molecule has 0 radical (unpaired) electrons. The van der Waals surface area contributed by atoms with E-state index in [1.807, 2.05) is 52.3 Å². The molecule has 1 saturated carbocycles. The largest absolute Gasteiger partial charge is 0.463 e. The molecule has 1 aromatic carbocycles. The fourth-order valence-corrected chi connectivity index (χ4v) is 6.84. The molecule has 9 nitrogen and oxygen atoms in total. The summed E-state index contributed by atoms with van der Waals surface area (Å²) in [4.78, 5) is 35.5. The van der Waals surface area contributed by atoms with Crippen LogP contribution in [0.3, 0.4) is 0 Å². The van der Waals surface area contributed by atoms with E-state index in [9.17, 15) is 18.4 Å². The molecule has 0 saturated heterocycles. The van der Waals surface area contributed by atoms with E-state index in [1.165, 1.54) is 17.4 Å². The van der Waals surface area contributed by atoms with Gasteiger partial charge >= 0.3 is 11.9 Å². The number of benzene rings is 1. The summed E-state index contributed by atoms with van der Waals surface area (Å²) in [5.41, 5.74) is 0.605. The molecule has 252 valence electrons. The minimum absolute atomic E-state index is 0.0872. The van der Waals surface area contributed by atoms with Crippen LogP contribution in [0.1, 0.15) is 95.5 Å². The van der Waals surface area contributed by atoms with Gasteiger partial charge in [0.1, 0.15) is 11.6 Å². The molecule has 1 aliphatic carbocycles. The van der Waals surface area contributed by atoms with Crippen molar-refractivity contribution >= 4 is 40.7 Å². The number of aliphatic imine (C=N–C) groups is 1. The van der Waals surface area contributed by atoms with Crippen LogP contribution in [-0.4, -0.2) is 44.7 Å². The zero-order chi connectivity index (χ0) is 34.1. The number of carbonyl (C=O) groups excluding carboxylic acids is 2. The van der Waals surface area contributed by atoms with Crippen LogP contribution >= 0.6 is 22.9 Å². The second-order valence-electron chi connectivity index (χ2n) is 13.5. The van der Waals surface area contributed by atoms with Crippen molar-refractivity contribution in [3.05, 3.63) is 80.2 Å². The van der Waals surface area contributed by atoms with E-state index in [-0.39, 0.29) is 35.5 Å². The quantitative estimate of drug-likeness (QED) is 0.183. The van der Waals surface area contributed by atoms with Gasteiger partial charge in [-0.25, -0.2) is 18.6 Å². The van der Waals surface area contributed by atoms with E-state index in [0.29, 0.717) is 23.1 Å². The van der Waals surface area contributed by atoms with Crippen molar-refractivity contribution < 1.29 is 27.8 Å². The van der Waals surface area contributed by atoms with Crippen molar-refractivity contribution in [2.75, 3.05) is 6.61 Å². The summed E-state index contributed by atoms with van der Waals surface area (Å²) < 4.78 is 41.7. The van der Waals surface area contributed by atoms with Crippen LogP contribution in [-0.2, 0) is 25.6 Å². The van der Waals surface area contributed by atoms with E-state index in [4.69, 9.17) is 31.2 Å². The average molecular weight is 688 g/mol. The highest BCUT2D eigenvalue weighted by atomic mass is 35.5. The van der Waals surface area contributed by atoms with Gasteiger partial charge in [0, 0.05) is 35.0 Å². The van der Waals surface area contributed by atoms with Gasteiger partial charge in [-0.15, -0.1) is 11.3 Å². The van der Waals surface area contributed by atoms with Crippen molar-refractivity contribution in [2.45, 2.75) is 91.3 Å². The zero-order valence-corrected chi connectivity index (χ0v) is 29.0. The van der Waals surface area contributed by atoms with E-state index in [2.05, 4.69) is 10.3 Å². The van der Waals surface area contributed by atoms with Gasteiger partial charge in [-0.2, -0.15) is 5.10 Å². The third-order valence-corrected chi connectivity index (χ3v) is 9.45. The first kappa shape index (κ1) is 34.7. The SMILES string of the molecule is CCOC(=O)C1=C(C2CCC(c3ccn(CC(C)(C)C(=O)OC(C)(C)C)n3)CC2)NC(c2nccs2)=NC1c1ccc(F)c(F)c1Cl. The van der Waals surface area contributed by atoms with Gasteiger partial charge in [-0.05, 0) is 85.3 Å². The Morgan fingerprint density at radius 3 is 2.43 bits per heavy atom. The first-order valence-corrected chi connectivity index (χ1v) is 17.0. The normalized spacial score (nSPS) is 20.4. The van der Waals surface area contributed by atoms with E-state index < -0.39 is 39.7 Å². The maximum atomic E-state index is 14.7. The number of nitrogens with zero attached hydrogens (tertiary/aromatic N) is 4. The van der Waals surface area contributed by atoms with E-state index in [0.717, 1.165) is 37.4 Å². The van der Waals surface area contributed by atoms with Gasteiger partial charge in [0.2, 0.25) is 0 Å². The lowest BCUT2D eigenvalue weighted by molar-refractivity contribution is -0.166. The summed E-state index contributed by atoms with van der Waals surface area (Å²) in [5, 5.41) is 10.2. The molecule has 5 rings (SSSR count). The Hall–Kier alpha value is -3.64. The molecule has 2 aromatic heterocycles. The number of halogens is 3. The number of esters is 2. The molecule has 3 aromatic rings. The van der Waals surface area contributed by atoms with Crippen molar-refractivity contribution in [3.8, 4) is 0 Å². The standard InChI is InChI=1S/C34H40ClF2N5O4S/c1-7-45-31(43)24-27(39-29(30-38-15-17-47-30)40-28(24)21-12-13-22(36)26(37)25(21)35)20-10-8-19(9-11-20)23-14-16-42(41-23)18-34(5,6)32(44)46-33(2,3)4/h12-17,19-20,28H,7-11,18H2,1-6H3,(H,39,40). The molecule has 1 fully saturated rings. The van der Waals surface area contributed by atoms with Crippen LogP contribution in [0.15, 0.2) is 52.2 Å². The summed E-state index contributed by atoms with van der Waals surface area (Å²) in [6, 6.07) is 3.30. The van der Waals surface area contributed by atoms with Crippen molar-refractivity contribution in [3.63, 3.8) is 0 Å². The number of hydrogen-bond donors (Lipinski definition) is 1. The highest BCUT2D eigenvalue weighted by Crippen LogP contribution is 2.44. The first-order valence-electron chi connectivity index (χ1n) is 15.7. The molecule has 3 heterocycles. The number of ether oxygens (including phenoxy) is 2. The van der Waals surface area contributed by atoms with Crippen LogP contribution in [0, 0.1) is 23.0 Å². The van der Waals surface area contributed by atoms with Gasteiger partial charge < -0.3 is 14.8 Å². The lowest BCUT2D eigenvalue weighted by atomic mass is 9.77. The summed E-state index contributed by atoms with van der Waals surface area (Å²) in [5.74, 6) is -2.66. The molecule has 1 aliphatic heterocycles. The van der Waals surface area contributed by atoms with Gasteiger partial charge in [-0.3, -0.25) is 14.5 Å². The number of aromatic nitrogens is 3. The highest BCUT2D eigenvalue weighted by Gasteiger charge is 2.39. The van der Waals surface area contributed by atoms with Crippen LogP contribution in [0.25, 0.3) is 0 Å². The topological polar surface area (TPSA) is 108 Å². The molecule has 0 amide bonds. The summed E-state index contributed by atoms with van der Waals surface area (Å²) >= 11 is 7.70. The number of amidine groups is 1. The first-order chi connectivity index (χ1) is 22.2. The molecule has 1 atom stereocenters. The minimum Gasteiger partial charge on any atom is -0.463 e. The summed E-state index contributed by atoms with van der Waals surface area (Å²) in [7, 11) is 0. The predicted molar refractivity (Wildman–Crippen MR) is 176 cm³/mol. The van der Waals surface area contributed by atoms with Crippen LogP contribution in [0.4, 0.5) is 8.78 Å². The molecule has 47 heavy (non-hydrogen) atoms. The Balaban J connectivity index is 1.41. The fraction of sp³-hybridized carbons (Fsp3) is 0.500. The molecular weight excluding hydrogens is 648 g/mol. The minimum atomic E-state index is -1.20. The monoisotopic (exact) mass is 687 g/mol. The number of hydrogen-bond acceptors (Lipinski definition) is 9. The van der Waals surface area contributed by atoms with Gasteiger partial charge in [0.25, 0.3) is 0 Å². The maximum Gasteiger partial charge on any atom is 0.338 e. The summed E-state index contributed by atoms with van der Waals surface area (Å²) in [6.07, 6.45) is 6.56. The Morgan fingerprint density at radius 1 is 1.09 bits per heavy atom. The van der Waals surface area contributed by atoms with Gasteiger partial charge in [0.05, 0.1) is 34.9 Å². The van der Waals surface area contributed by atoms with E-state index >= 15 is 0 Å². The van der Waals surface area contributed by atoms with E-state index in [1.54, 1.807) is 17.8 Å². The van der Waals surface area contributed by atoms with Gasteiger partial charge in [0.15, 0.2) is 22.5 Å². The van der Waals surface area contributed by atoms with Crippen molar-refractivity contribution in [1.29, 1.82) is 0 Å². The molecule has 0 bridgehead atoms. The number of rotatable bonds is 9. The van der Waals surface area contributed by atoms with Crippen molar-refractivity contribution in [1.82, 2.24) is 20.1 Å². The van der Waals surface area contributed by atoms with Crippen LogP contribution in [0.2, 0.25) is 5.02 Å². The molecular formula is C34H40ClF2N5O4S. The average Bonchev–Trinajstić information content (AvgIpc) is 3.72. The second-order valence-corrected chi connectivity index (χ2v) is 14.8. The van der Waals surface area contributed by atoms with Crippen LogP contribution in [0.5, 0.6) is 0 Å². The third kappa shape index (κ3) is 7.75. The molecule has 1 unspecified atom stereocenters. The maximum absolute atomic E-state index is 14.7. The lowest BCUT2D eigenvalue weighted by Gasteiger charge is -2.35. The second kappa shape index (κ2) is 13.8. The highest BCUT2D eigenvalue weighted by molar-refractivity contribution is 7.11. The Morgan fingerprint density at radius 2 is 1.79 bits per heavy atom. The third-order valence-electron chi connectivity index (χ3n) is 8.29. The summed E-state index contributed by atoms with van der Waals surface area (Å²) in [6.45, 7) is 11.5. The number of allylic oxidation sites excluding steroid dienone is 1. The Bertz CT molecular complexity index is 1690. The Labute approximate surface area is 282 Å². The molecule has 1 N–H and O–H groups in total. The number of thiazole rings is 1. The molecule has 0 spiro atoms. The number of nitrogens with one attached hydrogen (secondary N) is 1. The molecule has 13 heteroatoms. The zero-order valence-electron chi connectivity index (χ0n) is 27.4. The fourth-order valence-electron chi connectivity index (χ4n) is 5.99. The number of carbonyl (C=O) groups is 2. The lowest BCUT2D eigenvalue weighted by Crippen LogP contribution is -2.38. The molecule has 2 aliphatic rings. The smallest absolute Gasteiger partial charge is 0.338 e. The van der Waals surface area contributed by atoms with Crippen molar-refractivity contribution in [2.24, 2.45) is 16.3 Å². The Kier molecular flexibility index (Phi) is 10.2.